The third-order valence-electron chi connectivity index (χ3n) is 7.07. The Balaban J connectivity index is 0.000000323. The molecule has 0 saturated heterocycles. The highest BCUT2D eigenvalue weighted by atomic mass is 16.4. The van der Waals surface area contributed by atoms with Crippen LogP contribution in [0.15, 0.2) is 91.0 Å². The Bertz CT molecular complexity index is 1320. The summed E-state index contributed by atoms with van der Waals surface area (Å²) in [6.07, 6.45) is 11.1. The monoisotopic (exact) mass is 657 g/mol. The van der Waals surface area contributed by atoms with E-state index in [0.29, 0.717) is 0 Å². The highest BCUT2D eigenvalue weighted by Crippen LogP contribution is 2.12. The van der Waals surface area contributed by atoms with Gasteiger partial charge in [0.05, 0.1) is 16.7 Å². The number of nitrogens with two attached hydrogens (primary N) is 3. The number of carbonyl (C=O) groups is 3. The Morgan fingerprint density at radius 3 is 0.812 bits per heavy atom. The molecule has 258 valence electrons. The maximum Gasteiger partial charge on any atom is 0.335 e. The molecular formula is C39H51N3O6. The van der Waals surface area contributed by atoms with Gasteiger partial charge in [0.25, 0.3) is 0 Å². The summed E-state index contributed by atoms with van der Waals surface area (Å²) in [5.74, 6) is -4.12. The lowest BCUT2D eigenvalue weighted by Gasteiger charge is -2.00. The number of unbranched alkanes of at least 4 members (excludes halogenated alkanes) is 3. The Kier molecular flexibility index (Phi) is 19.6. The molecule has 9 N–H and O–H groups in total. The van der Waals surface area contributed by atoms with Gasteiger partial charge >= 0.3 is 17.9 Å². The summed E-state index contributed by atoms with van der Waals surface area (Å²) in [6.45, 7) is 6.62. The molecule has 0 aliphatic carbocycles. The molecule has 4 aromatic carbocycles. The first-order valence-electron chi connectivity index (χ1n) is 16.3. The third-order valence-corrected chi connectivity index (χ3v) is 7.07. The molecule has 0 saturated carbocycles. The minimum absolute atomic E-state index is 0.368. The van der Waals surface area contributed by atoms with Gasteiger partial charge in [-0.05, 0) is 110 Å². The lowest BCUT2D eigenvalue weighted by atomic mass is 10.1. The number of carboxylic acid groups (broad SMARTS) is 3. The molecule has 9 heteroatoms. The molecular weight excluding hydrogens is 606 g/mol. The number of carboxylic acids is 3. The van der Waals surface area contributed by atoms with Crippen LogP contribution in [0.4, 0.5) is 17.1 Å². The topological polar surface area (TPSA) is 190 Å². The van der Waals surface area contributed by atoms with Crippen LogP contribution < -0.4 is 17.2 Å². The van der Waals surface area contributed by atoms with E-state index in [2.05, 4.69) is 57.2 Å². The van der Waals surface area contributed by atoms with E-state index in [4.69, 9.17) is 32.5 Å². The van der Waals surface area contributed by atoms with Gasteiger partial charge in [0.2, 0.25) is 0 Å². The van der Waals surface area contributed by atoms with Crippen molar-refractivity contribution in [3.05, 3.63) is 124 Å². The molecule has 4 rings (SSSR count). The maximum absolute atomic E-state index is 10.6. The van der Waals surface area contributed by atoms with Crippen molar-refractivity contribution >= 4 is 35.0 Å². The number of aromatic carboxylic acids is 3. The van der Waals surface area contributed by atoms with Crippen molar-refractivity contribution < 1.29 is 29.7 Å². The second kappa shape index (κ2) is 23.1. The van der Waals surface area contributed by atoms with Gasteiger partial charge < -0.3 is 32.5 Å². The molecule has 0 aromatic heterocycles. The fourth-order valence-electron chi connectivity index (χ4n) is 4.19. The van der Waals surface area contributed by atoms with E-state index >= 15 is 0 Å². The first kappa shape index (κ1) is 40.7. The molecule has 0 radical (unpaired) electrons. The van der Waals surface area contributed by atoms with Crippen molar-refractivity contribution in [3.63, 3.8) is 0 Å². The smallest absolute Gasteiger partial charge is 0.335 e. The number of anilines is 3. The summed E-state index contributed by atoms with van der Waals surface area (Å²) in [7, 11) is 0. The van der Waals surface area contributed by atoms with Crippen LogP contribution in [0.5, 0.6) is 0 Å². The maximum atomic E-state index is 10.6. The van der Waals surface area contributed by atoms with Crippen LogP contribution in [0.2, 0.25) is 0 Å². The van der Waals surface area contributed by atoms with Crippen LogP contribution in [0.1, 0.15) is 107 Å². The summed E-state index contributed by atoms with van der Waals surface area (Å²) < 4.78 is 0. The van der Waals surface area contributed by atoms with Gasteiger partial charge in [-0.1, -0.05) is 76.4 Å². The van der Waals surface area contributed by atoms with E-state index in [-0.39, 0.29) is 16.7 Å². The molecule has 0 aliphatic heterocycles. The number of hydrogen-bond donors (Lipinski definition) is 6. The van der Waals surface area contributed by atoms with E-state index in [1.807, 2.05) is 36.4 Å². The van der Waals surface area contributed by atoms with Crippen LogP contribution in [-0.2, 0) is 19.3 Å². The SMILES string of the molecule is CCCCc1ccc(N)cc1.CCCCc1ccc(N)cc1.CCCCc1ccc(N)cc1.O=C(O)c1cc(C(=O)O)cc(C(=O)O)c1. The predicted octanol–water partition coefficient (Wildman–Crippen LogP) is 8.62. The molecule has 0 amide bonds. The van der Waals surface area contributed by atoms with Crippen LogP contribution in [0.25, 0.3) is 0 Å². The largest absolute Gasteiger partial charge is 0.478 e. The summed E-state index contributed by atoms with van der Waals surface area (Å²) >= 11 is 0. The molecule has 0 bridgehead atoms. The van der Waals surface area contributed by atoms with Gasteiger partial charge in [0.15, 0.2) is 0 Å². The molecule has 0 unspecified atom stereocenters. The Morgan fingerprint density at radius 2 is 0.646 bits per heavy atom. The average molecular weight is 658 g/mol. The fourth-order valence-corrected chi connectivity index (χ4v) is 4.19. The highest BCUT2D eigenvalue weighted by Gasteiger charge is 2.14. The van der Waals surface area contributed by atoms with Gasteiger partial charge in [0, 0.05) is 17.1 Å². The predicted molar refractivity (Wildman–Crippen MR) is 196 cm³/mol. The van der Waals surface area contributed by atoms with Gasteiger partial charge in [0.1, 0.15) is 0 Å². The molecule has 0 fully saturated rings. The van der Waals surface area contributed by atoms with Crippen LogP contribution in [0.3, 0.4) is 0 Å². The molecule has 0 atom stereocenters. The summed E-state index contributed by atoms with van der Waals surface area (Å²) in [6, 6.07) is 27.1. The summed E-state index contributed by atoms with van der Waals surface area (Å²) in [5, 5.41) is 25.8. The number of benzene rings is 4. The van der Waals surface area contributed by atoms with E-state index in [1.165, 1.54) is 74.5 Å². The minimum Gasteiger partial charge on any atom is -0.478 e. The lowest BCUT2D eigenvalue weighted by molar-refractivity contribution is 0.0696. The van der Waals surface area contributed by atoms with E-state index < -0.39 is 17.9 Å². The molecule has 4 aromatic rings. The quantitative estimate of drug-likeness (QED) is 0.0810. The zero-order chi connectivity index (χ0) is 35.9. The highest BCUT2D eigenvalue weighted by molar-refractivity contribution is 5.98. The van der Waals surface area contributed by atoms with Crippen LogP contribution in [-0.4, -0.2) is 33.2 Å². The number of rotatable bonds is 12. The Hall–Kier alpha value is -5.31. The molecule has 0 heterocycles. The number of hydrogen-bond acceptors (Lipinski definition) is 6. The molecule has 0 aliphatic rings. The average Bonchev–Trinajstić information content (AvgIpc) is 3.08. The van der Waals surface area contributed by atoms with Crippen molar-refractivity contribution in [3.8, 4) is 0 Å². The van der Waals surface area contributed by atoms with E-state index in [9.17, 15) is 14.4 Å². The van der Waals surface area contributed by atoms with Gasteiger partial charge in [-0.15, -0.1) is 0 Å². The fraction of sp³-hybridized carbons (Fsp3) is 0.308. The van der Waals surface area contributed by atoms with Crippen LogP contribution >= 0.6 is 0 Å². The first-order valence-corrected chi connectivity index (χ1v) is 16.3. The second-order valence-corrected chi connectivity index (χ2v) is 11.2. The molecule has 9 nitrogen and oxygen atoms in total. The summed E-state index contributed by atoms with van der Waals surface area (Å²) in [5.41, 5.74) is 22.3. The second-order valence-electron chi connectivity index (χ2n) is 11.2. The zero-order valence-corrected chi connectivity index (χ0v) is 28.3. The molecule has 48 heavy (non-hydrogen) atoms. The standard InChI is InChI=1S/3C10H15N.C9H6O6/c3*1-2-3-4-9-5-7-10(11)8-6-9;10-7(11)4-1-5(8(12)13)3-6(2-4)9(14)15/h3*5-8H,2-4,11H2,1H3;1-3H,(H,10,11)(H,12,13)(H,14,15). The number of nitrogen functional groups attached to an aromatic ring is 3. The van der Waals surface area contributed by atoms with Crippen molar-refractivity contribution in [2.24, 2.45) is 0 Å². The van der Waals surface area contributed by atoms with Gasteiger partial charge in [-0.3, -0.25) is 0 Å². The third kappa shape index (κ3) is 17.4. The van der Waals surface area contributed by atoms with Gasteiger partial charge in [-0.25, -0.2) is 14.4 Å². The zero-order valence-electron chi connectivity index (χ0n) is 28.3. The van der Waals surface area contributed by atoms with Crippen molar-refractivity contribution in [1.82, 2.24) is 0 Å². The number of aryl methyl sites for hydroxylation is 3. The van der Waals surface area contributed by atoms with Crippen molar-refractivity contribution in [2.75, 3.05) is 17.2 Å². The van der Waals surface area contributed by atoms with Crippen molar-refractivity contribution in [1.29, 1.82) is 0 Å². The Labute approximate surface area is 284 Å². The van der Waals surface area contributed by atoms with Gasteiger partial charge in [-0.2, -0.15) is 0 Å². The van der Waals surface area contributed by atoms with E-state index in [0.717, 1.165) is 35.3 Å². The normalized spacial score (nSPS) is 9.81. The lowest BCUT2D eigenvalue weighted by Crippen LogP contribution is -2.07. The molecule has 0 spiro atoms. The first-order chi connectivity index (χ1) is 22.9. The van der Waals surface area contributed by atoms with Crippen LogP contribution in [0, 0.1) is 0 Å². The van der Waals surface area contributed by atoms with Crippen molar-refractivity contribution in [2.45, 2.75) is 78.6 Å². The minimum atomic E-state index is -1.37. The summed E-state index contributed by atoms with van der Waals surface area (Å²) in [4.78, 5) is 31.7. The van der Waals surface area contributed by atoms with E-state index in [1.54, 1.807) is 0 Å². The Morgan fingerprint density at radius 1 is 0.438 bits per heavy atom.